The van der Waals surface area contributed by atoms with E-state index in [4.69, 9.17) is 0 Å². The minimum Gasteiger partial charge on any atom is -0.356 e. The molecular weight excluding hydrogens is 369 g/mol. The molecule has 2 aromatic rings. The lowest BCUT2D eigenvalue weighted by Crippen LogP contribution is -2.51. The molecule has 1 aliphatic heterocycles. The fourth-order valence-corrected chi connectivity index (χ4v) is 2.98. The Hall–Kier alpha value is -3.43. The lowest BCUT2D eigenvalue weighted by molar-refractivity contribution is -0.141. The van der Waals surface area contributed by atoms with Gasteiger partial charge in [-0.05, 0) is 24.6 Å². The molecule has 0 saturated carbocycles. The highest BCUT2D eigenvalue weighted by molar-refractivity contribution is 5.99. The van der Waals surface area contributed by atoms with Crippen LogP contribution in [0.2, 0.25) is 0 Å². The van der Waals surface area contributed by atoms with Gasteiger partial charge in [-0.3, -0.25) is 29.6 Å². The number of aromatic amines is 1. The summed E-state index contributed by atoms with van der Waals surface area (Å²) in [6.07, 6.45) is 0.576. The van der Waals surface area contributed by atoms with Crippen LogP contribution in [0.1, 0.15) is 23.8 Å². The summed E-state index contributed by atoms with van der Waals surface area (Å²) in [6, 6.07) is 5.79. The maximum Gasteiger partial charge on any atom is 0.268 e. The number of rotatable bonds is 5. The van der Waals surface area contributed by atoms with Crippen molar-refractivity contribution in [1.29, 1.82) is 0 Å². The zero-order valence-electron chi connectivity index (χ0n) is 15.2. The molecule has 1 aliphatic rings. The van der Waals surface area contributed by atoms with Crippen LogP contribution in [-0.2, 0) is 14.4 Å². The number of benzene rings is 1. The molecule has 0 bridgehead atoms. The molecule has 1 unspecified atom stereocenters. The van der Waals surface area contributed by atoms with Gasteiger partial charge in [0, 0.05) is 24.4 Å². The van der Waals surface area contributed by atoms with E-state index in [0.29, 0.717) is 18.5 Å². The number of fused-ring (bicyclic) bond motifs is 1. The van der Waals surface area contributed by atoms with Gasteiger partial charge < -0.3 is 15.6 Å². The average Bonchev–Trinajstić information content (AvgIpc) is 3.26. The highest BCUT2D eigenvalue weighted by Gasteiger charge is 2.28. The van der Waals surface area contributed by atoms with Crippen molar-refractivity contribution in [3.8, 4) is 0 Å². The van der Waals surface area contributed by atoms with E-state index in [1.165, 1.54) is 25.1 Å². The predicted molar refractivity (Wildman–Crippen MR) is 97.2 cm³/mol. The molecule has 1 atom stereocenters. The van der Waals surface area contributed by atoms with Crippen LogP contribution in [0.25, 0.3) is 10.9 Å². The molecule has 28 heavy (non-hydrogen) atoms. The molecule has 10 heteroatoms. The van der Waals surface area contributed by atoms with E-state index >= 15 is 0 Å². The molecule has 9 nitrogen and oxygen atoms in total. The number of halogens is 1. The number of carbonyl (C=O) groups excluding carboxylic acids is 4. The second kappa shape index (κ2) is 8.07. The van der Waals surface area contributed by atoms with E-state index in [2.05, 4.69) is 21.0 Å². The molecule has 2 heterocycles. The Morgan fingerprint density at radius 3 is 2.75 bits per heavy atom. The molecule has 0 radical (unpaired) electrons. The number of carbonyl (C=O) groups is 4. The first kappa shape index (κ1) is 19.3. The topological polar surface area (TPSA) is 123 Å². The molecular formula is C18H20FN5O4. The van der Waals surface area contributed by atoms with Gasteiger partial charge >= 0.3 is 0 Å². The maximum absolute atomic E-state index is 13.7. The molecule has 0 spiro atoms. The number of aromatic nitrogens is 1. The van der Waals surface area contributed by atoms with Crippen LogP contribution >= 0.6 is 0 Å². The highest BCUT2D eigenvalue weighted by atomic mass is 19.1. The van der Waals surface area contributed by atoms with Crippen molar-refractivity contribution >= 4 is 34.5 Å². The number of amides is 4. The van der Waals surface area contributed by atoms with Crippen molar-refractivity contribution in [2.24, 2.45) is 5.92 Å². The fraction of sp³-hybridized carbons (Fsp3) is 0.333. The number of hydrazine groups is 1. The molecule has 4 amide bonds. The molecule has 1 fully saturated rings. The first-order chi connectivity index (χ1) is 13.3. The van der Waals surface area contributed by atoms with Gasteiger partial charge in [0.05, 0.1) is 19.0 Å². The van der Waals surface area contributed by atoms with Crippen molar-refractivity contribution in [3.63, 3.8) is 0 Å². The Morgan fingerprint density at radius 2 is 2.11 bits per heavy atom. The van der Waals surface area contributed by atoms with Crippen molar-refractivity contribution in [2.75, 3.05) is 19.6 Å². The second-order valence-electron chi connectivity index (χ2n) is 6.51. The number of nitrogens with zero attached hydrogens (tertiary/aromatic N) is 1. The van der Waals surface area contributed by atoms with Gasteiger partial charge in [-0.1, -0.05) is 6.07 Å². The molecule has 1 aromatic heterocycles. The molecule has 1 saturated heterocycles. The summed E-state index contributed by atoms with van der Waals surface area (Å²) in [5, 5.41) is 6.40. The van der Waals surface area contributed by atoms with Crippen LogP contribution < -0.4 is 16.1 Å². The first-order valence-corrected chi connectivity index (χ1v) is 8.76. The van der Waals surface area contributed by atoms with Crippen molar-refractivity contribution < 1.29 is 23.6 Å². The lowest BCUT2D eigenvalue weighted by atomic mass is 10.1. The van der Waals surface area contributed by atoms with E-state index in [1.807, 2.05) is 0 Å². The third-order valence-electron chi connectivity index (χ3n) is 4.47. The van der Waals surface area contributed by atoms with Crippen LogP contribution in [0.5, 0.6) is 0 Å². The largest absolute Gasteiger partial charge is 0.356 e. The summed E-state index contributed by atoms with van der Waals surface area (Å²) in [6.45, 7) is 1.47. The Bertz CT molecular complexity index is 941. The van der Waals surface area contributed by atoms with E-state index in [9.17, 15) is 23.6 Å². The molecule has 4 N–H and O–H groups in total. The summed E-state index contributed by atoms with van der Waals surface area (Å²) in [7, 11) is 0. The van der Waals surface area contributed by atoms with E-state index in [1.54, 1.807) is 6.07 Å². The lowest BCUT2D eigenvalue weighted by Gasteiger charge is -2.24. The van der Waals surface area contributed by atoms with Gasteiger partial charge in [0.2, 0.25) is 11.8 Å². The maximum atomic E-state index is 13.7. The second-order valence-corrected chi connectivity index (χ2v) is 6.51. The van der Waals surface area contributed by atoms with Gasteiger partial charge in [0.25, 0.3) is 11.8 Å². The minimum atomic E-state index is -0.621. The van der Waals surface area contributed by atoms with Gasteiger partial charge in [0.15, 0.2) is 0 Å². The Labute approximate surface area is 159 Å². The number of nitrogens with one attached hydrogen (secondary N) is 4. The zero-order valence-corrected chi connectivity index (χ0v) is 15.2. The van der Waals surface area contributed by atoms with E-state index < -0.39 is 30.1 Å². The summed E-state index contributed by atoms with van der Waals surface area (Å²) in [5.74, 6) is -2.65. The van der Waals surface area contributed by atoms with Crippen LogP contribution in [0.3, 0.4) is 0 Å². The Kier molecular flexibility index (Phi) is 5.57. The number of H-pyrrole nitrogens is 1. The normalized spacial score (nSPS) is 15.9. The summed E-state index contributed by atoms with van der Waals surface area (Å²) in [4.78, 5) is 50.4. The third kappa shape index (κ3) is 4.27. The minimum absolute atomic E-state index is 0.0577. The quantitative estimate of drug-likeness (QED) is 0.540. The SMILES string of the molecule is CC(=O)N(CC1CCNC1=O)NC(=O)CNC(=O)c1cc2c(F)cccc2[nH]1. The first-order valence-electron chi connectivity index (χ1n) is 8.76. The Morgan fingerprint density at radius 1 is 1.32 bits per heavy atom. The summed E-state index contributed by atoms with van der Waals surface area (Å²) < 4.78 is 13.7. The van der Waals surface area contributed by atoms with Crippen LogP contribution in [0.15, 0.2) is 24.3 Å². The van der Waals surface area contributed by atoms with E-state index in [-0.39, 0.29) is 29.4 Å². The highest BCUT2D eigenvalue weighted by Crippen LogP contribution is 2.18. The van der Waals surface area contributed by atoms with Crippen molar-refractivity contribution in [3.05, 3.63) is 35.8 Å². The average molecular weight is 389 g/mol. The van der Waals surface area contributed by atoms with Gasteiger partial charge in [-0.25, -0.2) is 4.39 Å². The Balaban J connectivity index is 1.55. The van der Waals surface area contributed by atoms with Crippen LogP contribution in [0, 0.1) is 11.7 Å². The van der Waals surface area contributed by atoms with Crippen LogP contribution in [-0.4, -0.2) is 53.3 Å². The predicted octanol–water partition coefficient (Wildman–Crippen LogP) is 0.0526. The van der Waals surface area contributed by atoms with Gasteiger partial charge in [-0.2, -0.15) is 0 Å². The van der Waals surface area contributed by atoms with Crippen molar-refractivity contribution in [1.82, 2.24) is 26.1 Å². The number of hydrogen-bond donors (Lipinski definition) is 4. The summed E-state index contributed by atoms with van der Waals surface area (Å²) >= 11 is 0. The van der Waals surface area contributed by atoms with Crippen molar-refractivity contribution in [2.45, 2.75) is 13.3 Å². The molecule has 148 valence electrons. The summed E-state index contributed by atoms with van der Waals surface area (Å²) in [5.41, 5.74) is 2.96. The number of hydrogen-bond acceptors (Lipinski definition) is 4. The van der Waals surface area contributed by atoms with Crippen LogP contribution in [0.4, 0.5) is 4.39 Å². The molecule has 3 rings (SSSR count). The smallest absolute Gasteiger partial charge is 0.268 e. The van der Waals surface area contributed by atoms with Gasteiger partial charge in [-0.15, -0.1) is 0 Å². The molecule has 1 aromatic carbocycles. The fourth-order valence-electron chi connectivity index (χ4n) is 2.98. The van der Waals surface area contributed by atoms with E-state index in [0.717, 1.165) is 5.01 Å². The van der Waals surface area contributed by atoms with Gasteiger partial charge in [0.1, 0.15) is 11.5 Å². The third-order valence-corrected chi connectivity index (χ3v) is 4.47. The molecule has 0 aliphatic carbocycles. The zero-order chi connectivity index (χ0) is 20.3. The monoisotopic (exact) mass is 389 g/mol. The standard InChI is InChI=1S/C18H20FN5O4/c1-10(25)24(9-11-5-6-20-17(11)27)23-16(26)8-21-18(28)15-7-12-13(19)3-2-4-14(12)22-15/h2-4,7,11,22H,5-6,8-9H2,1H3,(H,20,27)(H,21,28)(H,23,26).